The molecular formula is C14H11ClFNO. The highest BCUT2D eigenvalue weighted by molar-refractivity contribution is 6.31. The standard InChI is InChI=1S/C14H11ClFNO/c1-9-2-3-11(16)7-12(9)14(18)6-10-4-5-17-8-13(10)15/h2-5,7-8H,6H2,1H3. The quantitative estimate of drug-likeness (QED) is 0.792. The van der Waals surface area contributed by atoms with Gasteiger partial charge in [0.1, 0.15) is 5.82 Å². The Morgan fingerprint density at radius 1 is 1.39 bits per heavy atom. The second-order valence-corrected chi connectivity index (χ2v) is 4.43. The molecule has 92 valence electrons. The summed E-state index contributed by atoms with van der Waals surface area (Å²) >= 11 is 5.94. The van der Waals surface area contributed by atoms with E-state index in [9.17, 15) is 9.18 Å². The summed E-state index contributed by atoms with van der Waals surface area (Å²) in [6.07, 6.45) is 3.21. The van der Waals surface area contributed by atoms with Crippen LogP contribution in [0, 0.1) is 12.7 Å². The van der Waals surface area contributed by atoms with E-state index >= 15 is 0 Å². The fraction of sp³-hybridized carbons (Fsp3) is 0.143. The number of rotatable bonds is 3. The zero-order valence-electron chi connectivity index (χ0n) is 9.78. The van der Waals surface area contributed by atoms with Gasteiger partial charge in [0.15, 0.2) is 5.78 Å². The molecule has 0 amide bonds. The van der Waals surface area contributed by atoms with Gasteiger partial charge in [-0.1, -0.05) is 17.7 Å². The van der Waals surface area contributed by atoms with Gasteiger partial charge in [0.2, 0.25) is 0 Å². The van der Waals surface area contributed by atoms with E-state index in [-0.39, 0.29) is 12.2 Å². The zero-order valence-corrected chi connectivity index (χ0v) is 10.5. The minimum atomic E-state index is -0.412. The Hall–Kier alpha value is -1.74. The lowest BCUT2D eigenvalue weighted by Gasteiger charge is -2.06. The number of aryl methyl sites for hydroxylation is 1. The van der Waals surface area contributed by atoms with Gasteiger partial charge in [0.25, 0.3) is 0 Å². The lowest BCUT2D eigenvalue weighted by atomic mass is 9.99. The maximum atomic E-state index is 13.1. The molecule has 2 rings (SSSR count). The third-order valence-electron chi connectivity index (χ3n) is 2.71. The Labute approximate surface area is 109 Å². The first-order valence-electron chi connectivity index (χ1n) is 5.45. The van der Waals surface area contributed by atoms with Gasteiger partial charge in [-0.3, -0.25) is 9.78 Å². The Morgan fingerprint density at radius 3 is 2.89 bits per heavy atom. The number of hydrogen-bond donors (Lipinski definition) is 0. The number of Topliss-reactive ketones (excluding diaryl/α,β-unsaturated/α-hetero) is 1. The van der Waals surface area contributed by atoms with Crippen molar-refractivity contribution >= 4 is 17.4 Å². The molecule has 18 heavy (non-hydrogen) atoms. The molecule has 0 aliphatic heterocycles. The fourth-order valence-corrected chi connectivity index (χ4v) is 1.90. The molecule has 0 radical (unpaired) electrons. The summed E-state index contributed by atoms with van der Waals surface area (Å²) < 4.78 is 13.1. The first-order chi connectivity index (χ1) is 8.58. The number of halogens is 2. The highest BCUT2D eigenvalue weighted by Gasteiger charge is 2.12. The minimum absolute atomic E-state index is 0.144. The van der Waals surface area contributed by atoms with E-state index in [4.69, 9.17) is 11.6 Å². The Balaban J connectivity index is 2.28. The van der Waals surface area contributed by atoms with Crippen molar-refractivity contribution in [2.75, 3.05) is 0 Å². The highest BCUT2D eigenvalue weighted by atomic mass is 35.5. The number of carbonyl (C=O) groups excluding carboxylic acids is 1. The largest absolute Gasteiger partial charge is 0.294 e. The number of benzene rings is 1. The van der Waals surface area contributed by atoms with Crippen molar-refractivity contribution in [3.63, 3.8) is 0 Å². The number of aromatic nitrogens is 1. The van der Waals surface area contributed by atoms with Crippen LogP contribution < -0.4 is 0 Å². The molecule has 0 unspecified atom stereocenters. The fourth-order valence-electron chi connectivity index (χ4n) is 1.71. The Morgan fingerprint density at radius 2 is 2.17 bits per heavy atom. The first-order valence-corrected chi connectivity index (χ1v) is 5.83. The summed E-state index contributed by atoms with van der Waals surface area (Å²) in [7, 11) is 0. The molecule has 1 aromatic heterocycles. The third-order valence-corrected chi connectivity index (χ3v) is 3.05. The number of ketones is 1. The van der Waals surface area contributed by atoms with Crippen molar-refractivity contribution in [1.29, 1.82) is 0 Å². The third kappa shape index (κ3) is 2.74. The van der Waals surface area contributed by atoms with Gasteiger partial charge in [-0.2, -0.15) is 0 Å². The lowest BCUT2D eigenvalue weighted by molar-refractivity contribution is 0.0992. The number of carbonyl (C=O) groups is 1. The van der Waals surface area contributed by atoms with Crippen LogP contribution in [-0.2, 0) is 6.42 Å². The molecule has 0 atom stereocenters. The topological polar surface area (TPSA) is 30.0 Å². The summed E-state index contributed by atoms with van der Waals surface area (Å²) in [5.41, 5.74) is 1.84. The minimum Gasteiger partial charge on any atom is -0.294 e. The molecule has 0 aliphatic carbocycles. The van der Waals surface area contributed by atoms with Gasteiger partial charge in [0.05, 0.1) is 5.02 Å². The Bertz CT molecular complexity index is 598. The predicted octanol–water partition coefficient (Wildman–Crippen LogP) is 3.61. The van der Waals surface area contributed by atoms with Crippen LogP contribution in [0.2, 0.25) is 5.02 Å². The smallest absolute Gasteiger partial charge is 0.167 e. The van der Waals surface area contributed by atoms with E-state index < -0.39 is 5.82 Å². The summed E-state index contributed by atoms with van der Waals surface area (Å²) in [5.74, 6) is -0.565. The van der Waals surface area contributed by atoms with Gasteiger partial charge >= 0.3 is 0 Å². The van der Waals surface area contributed by atoms with Crippen molar-refractivity contribution in [1.82, 2.24) is 4.98 Å². The van der Waals surface area contributed by atoms with Gasteiger partial charge < -0.3 is 0 Å². The van der Waals surface area contributed by atoms with Crippen LogP contribution in [0.1, 0.15) is 21.5 Å². The predicted molar refractivity (Wildman–Crippen MR) is 68.4 cm³/mol. The number of hydrogen-bond acceptors (Lipinski definition) is 2. The van der Waals surface area contributed by atoms with E-state index in [1.54, 1.807) is 25.3 Å². The highest BCUT2D eigenvalue weighted by Crippen LogP contribution is 2.18. The summed E-state index contributed by atoms with van der Waals surface area (Å²) in [4.78, 5) is 15.9. The van der Waals surface area contributed by atoms with Crippen LogP contribution in [-0.4, -0.2) is 10.8 Å². The average Bonchev–Trinajstić information content (AvgIpc) is 2.35. The van der Waals surface area contributed by atoms with Crippen LogP contribution in [0.4, 0.5) is 4.39 Å². The van der Waals surface area contributed by atoms with Gasteiger partial charge in [-0.05, 0) is 36.2 Å². The van der Waals surface area contributed by atoms with Gasteiger partial charge in [-0.15, -0.1) is 0 Å². The van der Waals surface area contributed by atoms with Crippen LogP contribution in [0.3, 0.4) is 0 Å². The lowest BCUT2D eigenvalue weighted by Crippen LogP contribution is -2.06. The molecule has 1 heterocycles. The molecular weight excluding hydrogens is 253 g/mol. The second-order valence-electron chi connectivity index (χ2n) is 4.03. The van der Waals surface area contributed by atoms with Crippen LogP contribution in [0.5, 0.6) is 0 Å². The molecule has 0 N–H and O–H groups in total. The van der Waals surface area contributed by atoms with E-state index in [1.165, 1.54) is 18.3 Å². The Kier molecular flexibility index (Phi) is 3.72. The van der Waals surface area contributed by atoms with Crippen LogP contribution in [0.25, 0.3) is 0 Å². The molecule has 0 fully saturated rings. The van der Waals surface area contributed by atoms with E-state index in [1.807, 2.05) is 0 Å². The SMILES string of the molecule is Cc1ccc(F)cc1C(=O)Cc1ccncc1Cl. The molecule has 0 saturated carbocycles. The monoisotopic (exact) mass is 263 g/mol. The number of nitrogens with zero attached hydrogens (tertiary/aromatic N) is 1. The van der Waals surface area contributed by atoms with Gasteiger partial charge in [-0.25, -0.2) is 4.39 Å². The molecule has 2 aromatic rings. The summed E-state index contributed by atoms with van der Waals surface area (Å²) in [6, 6.07) is 5.88. The average molecular weight is 264 g/mol. The van der Waals surface area contributed by atoms with E-state index in [0.717, 1.165) is 5.56 Å². The van der Waals surface area contributed by atoms with Crippen molar-refractivity contribution in [3.8, 4) is 0 Å². The normalized spacial score (nSPS) is 10.4. The maximum Gasteiger partial charge on any atom is 0.167 e. The summed E-state index contributed by atoms with van der Waals surface area (Å²) in [5, 5.41) is 0.444. The van der Waals surface area contributed by atoms with Crippen molar-refractivity contribution in [3.05, 3.63) is 64.2 Å². The molecule has 4 heteroatoms. The van der Waals surface area contributed by atoms with Crippen molar-refractivity contribution < 1.29 is 9.18 Å². The van der Waals surface area contributed by atoms with Crippen molar-refractivity contribution in [2.24, 2.45) is 0 Å². The van der Waals surface area contributed by atoms with E-state index in [0.29, 0.717) is 16.1 Å². The van der Waals surface area contributed by atoms with Crippen LogP contribution in [0.15, 0.2) is 36.7 Å². The second kappa shape index (κ2) is 5.27. The maximum absolute atomic E-state index is 13.1. The van der Waals surface area contributed by atoms with Crippen LogP contribution >= 0.6 is 11.6 Å². The molecule has 1 aromatic carbocycles. The first kappa shape index (κ1) is 12.7. The summed E-state index contributed by atoms with van der Waals surface area (Å²) in [6.45, 7) is 1.78. The molecule has 0 saturated heterocycles. The molecule has 0 aliphatic rings. The van der Waals surface area contributed by atoms with Crippen molar-refractivity contribution in [2.45, 2.75) is 13.3 Å². The number of pyridine rings is 1. The van der Waals surface area contributed by atoms with Gasteiger partial charge in [0, 0.05) is 24.4 Å². The molecule has 2 nitrogen and oxygen atoms in total. The molecule has 0 bridgehead atoms. The van der Waals surface area contributed by atoms with E-state index in [2.05, 4.69) is 4.98 Å². The molecule has 0 spiro atoms. The zero-order chi connectivity index (χ0) is 13.1.